The van der Waals surface area contributed by atoms with Gasteiger partial charge in [0.1, 0.15) is 24.0 Å². The van der Waals surface area contributed by atoms with Crippen LogP contribution in [0.5, 0.6) is 17.2 Å². The molecule has 0 unspecified atom stereocenters. The summed E-state index contributed by atoms with van der Waals surface area (Å²) in [6.07, 6.45) is 0.334. The number of phenolic OH excluding ortho intramolecular Hbond substituents is 1. The molecule has 0 spiro atoms. The highest BCUT2D eigenvalue weighted by atomic mass is 16.5. The zero-order valence-electron chi connectivity index (χ0n) is 17.5. The predicted octanol–water partition coefficient (Wildman–Crippen LogP) is 5.47. The minimum absolute atomic E-state index is 0.0574. The number of fused-ring (bicyclic) bond motifs is 1. The first-order valence-corrected chi connectivity index (χ1v) is 10.1. The third-order valence-corrected chi connectivity index (χ3v) is 5.33. The molecule has 0 aromatic heterocycles. The second-order valence-electron chi connectivity index (χ2n) is 7.35. The molecule has 0 aliphatic carbocycles. The number of hydrogen-bond donors (Lipinski definition) is 1. The van der Waals surface area contributed by atoms with Crippen LogP contribution in [0.25, 0.3) is 10.8 Å². The maximum atomic E-state index is 10.7. The summed E-state index contributed by atoms with van der Waals surface area (Å²) in [6.45, 7) is 0.220. The smallest absolute Gasteiger partial charge is 0.176 e. The lowest BCUT2D eigenvalue weighted by molar-refractivity contribution is 0.288. The molecule has 32 heavy (non-hydrogen) atoms. The minimum Gasteiger partial charge on any atom is -0.503 e. The van der Waals surface area contributed by atoms with Crippen LogP contribution in [-0.4, -0.2) is 12.2 Å². The van der Waals surface area contributed by atoms with Crippen molar-refractivity contribution in [3.05, 3.63) is 101 Å². The molecular weight excluding hydrogens is 400 g/mol. The molecule has 4 rings (SSSR count). The molecule has 4 aromatic rings. The van der Waals surface area contributed by atoms with E-state index in [2.05, 4.69) is 12.1 Å². The second-order valence-corrected chi connectivity index (χ2v) is 7.35. The summed E-state index contributed by atoms with van der Waals surface area (Å²) in [6, 6.07) is 26.9. The first kappa shape index (κ1) is 20.8. The molecule has 0 fully saturated rings. The number of methoxy groups -OCH3 is 1. The summed E-state index contributed by atoms with van der Waals surface area (Å²) in [5.41, 5.74) is 2.68. The highest BCUT2D eigenvalue weighted by molar-refractivity contribution is 5.84. The number of hydrogen-bond acceptors (Lipinski definition) is 5. The van der Waals surface area contributed by atoms with E-state index in [1.807, 2.05) is 66.7 Å². The zero-order valence-corrected chi connectivity index (χ0v) is 17.5. The van der Waals surface area contributed by atoms with Gasteiger partial charge in [-0.2, -0.15) is 10.5 Å². The number of nitriles is 2. The second kappa shape index (κ2) is 9.12. The fourth-order valence-electron chi connectivity index (χ4n) is 3.65. The van der Waals surface area contributed by atoms with Crippen molar-refractivity contribution in [3.8, 4) is 29.4 Å². The fourth-order valence-corrected chi connectivity index (χ4v) is 3.65. The molecule has 0 saturated heterocycles. The van der Waals surface area contributed by atoms with Gasteiger partial charge in [0.15, 0.2) is 11.5 Å². The lowest BCUT2D eigenvalue weighted by atomic mass is 9.93. The Hall–Kier alpha value is -4.48. The van der Waals surface area contributed by atoms with Crippen molar-refractivity contribution < 1.29 is 14.6 Å². The van der Waals surface area contributed by atoms with Gasteiger partial charge < -0.3 is 14.6 Å². The van der Waals surface area contributed by atoms with Crippen molar-refractivity contribution in [2.24, 2.45) is 0 Å². The number of phenols is 1. The fraction of sp³-hybridized carbons (Fsp3) is 0.111. The average molecular weight is 420 g/mol. The quantitative estimate of drug-likeness (QED) is 0.447. The normalized spacial score (nSPS) is 10.3. The molecule has 5 heteroatoms. The zero-order chi connectivity index (χ0) is 22.5. The van der Waals surface area contributed by atoms with Crippen LogP contribution < -0.4 is 9.47 Å². The number of aromatic hydroxyl groups is 1. The maximum absolute atomic E-state index is 10.7. The Morgan fingerprint density at radius 1 is 0.844 bits per heavy atom. The topological polar surface area (TPSA) is 86.3 Å². The lowest BCUT2D eigenvalue weighted by Gasteiger charge is -2.14. The summed E-state index contributed by atoms with van der Waals surface area (Å²) in [7, 11) is 1.63. The van der Waals surface area contributed by atoms with Gasteiger partial charge in [0, 0.05) is 12.5 Å². The number of ether oxygens (including phenoxy) is 2. The molecule has 1 N–H and O–H groups in total. The molecule has 5 nitrogen and oxygen atoms in total. The van der Waals surface area contributed by atoms with Crippen LogP contribution in [0.1, 0.15) is 27.8 Å². The monoisotopic (exact) mass is 420 g/mol. The largest absolute Gasteiger partial charge is 0.503 e. The Morgan fingerprint density at radius 2 is 1.59 bits per heavy atom. The van der Waals surface area contributed by atoms with Crippen molar-refractivity contribution in [2.75, 3.05) is 7.11 Å². The maximum Gasteiger partial charge on any atom is 0.176 e. The van der Waals surface area contributed by atoms with Gasteiger partial charge in [-0.25, -0.2) is 0 Å². The van der Waals surface area contributed by atoms with Crippen LogP contribution in [0.3, 0.4) is 0 Å². The number of rotatable bonds is 6. The van der Waals surface area contributed by atoms with E-state index in [1.54, 1.807) is 7.11 Å². The van der Waals surface area contributed by atoms with Gasteiger partial charge in [0.25, 0.3) is 0 Å². The predicted molar refractivity (Wildman–Crippen MR) is 122 cm³/mol. The molecule has 0 aliphatic heterocycles. The van der Waals surface area contributed by atoms with E-state index in [-0.39, 0.29) is 23.7 Å². The molecule has 4 aromatic carbocycles. The van der Waals surface area contributed by atoms with E-state index in [4.69, 9.17) is 9.47 Å². The SMILES string of the molecule is COc1ccc2cc(Cc3c(C#N)cc(OCc4ccccc4)c(O)c3C#N)ccc2c1. The average Bonchev–Trinajstić information content (AvgIpc) is 2.84. The Kier molecular flexibility index (Phi) is 5.92. The Labute approximate surface area is 186 Å². The van der Waals surface area contributed by atoms with E-state index < -0.39 is 0 Å². The number of nitrogens with zero attached hydrogens (tertiary/aromatic N) is 2. The molecule has 0 aliphatic rings. The van der Waals surface area contributed by atoms with Gasteiger partial charge in [0.2, 0.25) is 0 Å². The van der Waals surface area contributed by atoms with Gasteiger partial charge in [-0.3, -0.25) is 0 Å². The molecular formula is C27H20N2O3. The van der Waals surface area contributed by atoms with Crippen molar-refractivity contribution in [1.82, 2.24) is 0 Å². The van der Waals surface area contributed by atoms with Crippen molar-refractivity contribution in [3.63, 3.8) is 0 Å². The molecule has 0 saturated carbocycles. The van der Waals surface area contributed by atoms with Gasteiger partial charge in [-0.05, 0) is 39.6 Å². The molecule has 0 heterocycles. The Bertz CT molecular complexity index is 1370. The minimum atomic E-state index is -0.247. The lowest BCUT2D eigenvalue weighted by Crippen LogP contribution is -2.02. The van der Waals surface area contributed by atoms with E-state index in [1.165, 1.54) is 6.07 Å². The molecule has 156 valence electrons. The molecule has 0 atom stereocenters. The van der Waals surface area contributed by atoms with E-state index in [9.17, 15) is 15.6 Å². The summed E-state index contributed by atoms with van der Waals surface area (Å²) < 4.78 is 11.0. The summed E-state index contributed by atoms with van der Waals surface area (Å²) in [5.74, 6) is 0.652. The first-order valence-electron chi connectivity index (χ1n) is 10.1. The Balaban J connectivity index is 1.68. The van der Waals surface area contributed by atoms with Crippen LogP contribution in [-0.2, 0) is 13.0 Å². The molecule has 0 amide bonds. The van der Waals surface area contributed by atoms with Crippen molar-refractivity contribution in [1.29, 1.82) is 10.5 Å². The standard InChI is InChI=1S/C27H20N2O3/c1-31-23-10-9-20-11-19(7-8-21(20)13-23)12-24-22(15-28)14-26(27(30)25(24)16-29)32-17-18-5-3-2-4-6-18/h2-11,13-14,30H,12,17H2,1H3. The van der Waals surface area contributed by atoms with Gasteiger partial charge in [-0.1, -0.05) is 54.6 Å². The van der Waals surface area contributed by atoms with Crippen LogP contribution in [0.2, 0.25) is 0 Å². The van der Waals surface area contributed by atoms with E-state index in [0.717, 1.165) is 27.6 Å². The highest BCUT2D eigenvalue weighted by Crippen LogP contribution is 2.36. The van der Waals surface area contributed by atoms with E-state index >= 15 is 0 Å². The summed E-state index contributed by atoms with van der Waals surface area (Å²) in [5, 5.41) is 32.2. The molecule has 0 bridgehead atoms. The highest BCUT2D eigenvalue weighted by Gasteiger charge is 2.19. The van der Waals surface area contributed by atoms with Crippen LogP contribution in [0.15, 0.2) is 72.8 Å². The summed E-state index contributed by atoms with van der Waals surface area (Å²) >= 11 is 0. The van der Waals surface area contributed by atoms with Crippen molar-refractivity contribution >= 4 is 10.8 Å². The van der Waals surface area contributed by atoms with Crippen LogP contribution in [0, 0.1) is 22.7 Å². The van der Waals surface area contributed by atoms with Gasteiger partial charge in [0.05, 0.1) is 18.7 Å². The Morgan fingerprint density at radius 3 is 2.31 bits per heavy atom. The van der Waals surface area contributed by atoms with Crippen LogP contribution in [0.4, 0.5) is 0 Å². The van der Waals surface area contributed by atoms with Crippen LogP contribution >= 0.6 is 0 Å². The third kappa shape index (κ3) is 4.19. The van der Waals surface area contributed by atoms with Crippen molar-refractivity contribution in [2.45, 2.75) is 13.0 Å². The number of benzene rings is 4. The molecule has 0 radical (unpaired) electrons. The summed E-state index contributed by atoms with van der Waals surface area (Å²) in [4.78, 5) is 0. The van der Waals surface area contributed by atoms with Gasteiger partial charge >= 0.3 is 0 Å². The van der Waals surface area contributed by atoms with Gasteiger partial charge in [-0.15, -0.1) is 0 Å². The third-order valence-electron chi connectivity index (χ3n) is 5.33. The first-order chi connectivity index (χ1) is 15.6. The van der Waals surface area contributed by atoms with E-state index in [0.29, 0.717) is 17.5 Å².